The van der Waals surface area contributed by atoms with Gasteiger partial charge in [-0.25, -0.2) is 0 Å². The van der Waals surface area contributed by atoms with Crippen molar-refractivity contribution < 1.29 is 0 Å². The molecule has 4 nitrogen and oxygen atoms in total. The van der Waals surface area contributed by atoms with Gasteiger partial charge in [0.25, 0.3) is 0 Å². The number of hydrogen-bond donors (Lipinski definition) is 3. The second kappa shape index (κ2) is 9.55. The number of nitrogens with two attached hydrogens (primary N) is 1. The lowest BCUT2D eigenvalue weighted by Crippen LogP contribution is -1.98. The first-order valence-corrected chi connectivity index (χ1v) is 8.34. The van der Waals surface area contributed by atoms with Crippen LogP contribution in [0, 0.1) is 0 Å². The Labute approximate surface area is 119 Å². The van der Waals surface area contributed by atoms with Crippen LogP contribution in [0.5, 0.6) is 0 Å². The minimum absolute atomic E-state index is 0.0971. The molecule has 0 radical (unpaired) electrons. The molecular formula is C12H24N4S2. The first-order chi connectivity index (χ1) is 8.74. The van der Waals surface area contributed by atoms with Gasteiger partial charge in [-0.3, -0.25) is 5.10 Å². The number of H-pyrrole nitrogens is 1. The number of nitrogen functional groups attached to an aromatic ring is 1. The van der Waals surface area contributed by atoms with E-state index in [1.165, 1.54) is 44.3 Å². The summed E-state index contributed by atoms with van der Waals surface area (Å²) in [4.78, 5) is 4.08. The Balaban J connectivity index is 1.97. The molecule has 1 unspecified atom stereocenters. The molecule has 0 amide bonds. The minimum Gasteiger partial charge on any atom is -0.367 e. The second-order valence-electron chi connectivity index (χ2n) is 4.44. The van der Waals surface area contributed by atoms with Crippen LogP contribution in [0.25, 0.3) is 0 Å². The van der Waals surface area contributed by atoms with Gasteiger partial charge in [0.2, 0.25) is 5.95 Å². The van der Waals surface area contributed by atoms with E-state index in [0.29, 0.717) is 5.95 Å². The molecule has 3 N–H and O–H groups in total. The number of thioether (sulfide) groups is 1. The topological polar surface area (TPSA) is 67.6 Å². The Hall–Kier alpha value is -0.360. The molecule has 0 aromatic carbocycles. The average molecular weight is 288 g/mol. The molecule has 0 fully saturated rings. The molecule has 1 rings (SSSR count). The fraction of sp³-hybridized carbons (Fsp3) is 0.833. The molecule has 0 aliphatic heterocycles. The van der Waals surface area contributed by atoms with Crippen molar-refractivity contribution in [2.75, 3.05) is 17.2 Å². The molecule has 0 spiro atoms. The van der Waals surface area contributed by atoms with Crippen molar-refractivity contribution in [1.82, 2.24) is 15.2 Å². The maximum absolute atomic E-state index is 5.46. The molecule has 104 valence electrons. The quantitative estimate of drug-likeness (QED) is 0.455. The molecule has 0 bridgehead atoms. The van der Waals surface area contributed by atoms with E-state index in [2.05, 4.69) is 34.7 Å². The molecule has 1 heterocycles. The largest absolute Gasteiger partial charge is 0.367 e. The van der Waals surface area contributed by atoms with Crippen LogP contribution >= 0.6 is 24.4 Å². The molecule has 1 atom stereocenters. The number of thiol groups is 1. The van der Waals surface area contributed by atoms with Crippen LogP contribution in [-0.4, -0.2) is 26.7 Å². The Morgan fingerprint density at radius 2 is 2.00 bits per heavy atom. The summed E-state index contributed by atoms with van der Waals surface area (Å²) in [6.07, 6.45) is 8.09. The minimum atomic E-state index is 0.0971. The van der Waals surface area contributed by atoms with Gasteiger partial charge in [0, 0.05) is 5.75 Å². The first kappa shape index (κ1) is 15.7. The number of nitrogens with zero attached hydrogens (tertiary/aromatic N) is 2. The number of hydrogen-bond acceptors (Lipinski definition) is 5. The van der Waals surface area contributed by atoms with Crippen molar-refractivity contribution in [3.8, 4) is 0 Å². The summed E-state index contributed by atoms with van der Waals surface area (Å²) in [6, 6.07) is 0. The number of aromatic nitrogens is 3. The number of rotatable bonds is 10. The summed E-state index contributed by atoms with van der Waals surface area (Å²) < 4.78 is 0. The summed E-state index contributed by atoms with van der Waals surface area (Å²) in [5, 5.41) is 6.71. The van der Waals surface area contributed by atoms with E-state index in [-0.39, 0.29) is 5.25 Å². The highest BCUT2D eigenvalue weighted by molar-refractivity contribution is 8.00. The van der Waals surface area contributed by atoms with E-state index in [0.717, 1.165) is 11.6 Å². The molecule has 0 saturated carbocycles. The van der Waals surface area contributed by atoms with Crippen molar-refractivity contribution in [2.24, 2.45) is 0 Å². The Kier molecular flexibility index (Phi) is 8.33. The van der Waals surface area contributed by atoms with Crippen LogP contribution in [0.4, 0.5) is 5.95 Å². The van der Waals surface area contributed by atoms with Gasteiger partial charge < -0.3 is 5.73 Å². The van der Waals surface area contributed by atoms with Gasteiger partial charge in [-0.05, 0) is 12.2 Å². The van der Waals surface area contributed by atoms with Crippen molar-refractivity contribution in [1.29, 1.82) is 0 Å². The first-order valence-electron chi connectivity index (χ1n) is 6.67. The summed E-state index contributed by atoms with van der Waals surface area (Å²) in [5.41, 5.74) is 5.46. The summed E-state index contributed by atoms with van der Waals surface area (Å²) in [7, 11) is 0. The van der Waals surface area contributed by atoms with Crippen LogP contribution in [-0.2, 0) is 0 Å². The summed E-state index contributed by atoms with van der Waals surface area (Å²) >= 11 is 6.42. The highest BCUT2D eigenvalue weighted by Crippen LogP contribution is 2.22. The van der Waals surface area contributed by atoms with E-state index in [4.69, 9.17) is 5.73 Å². The zero-order valence-corrected chi connectivity index (χ0v) is 12.8. The SMILES string of the molecule is CCCCCCCCSCC(S)c1nc(N)n[nH]1. The highest BCUT2D eigenvalue weighted by atomic mass is 32.2. The third-order valence-electron chi connectivity index (χ3n) is 2.75. The van der Waals surface area contributed by atoms with Crippen molar-refractivity contribution in [3.05, 3.63) is 5.82 Å². The predicted molar refractivity (Wildman–Crippen MR) is 83.2 cm³/mol. The lowest BCUT2D eigenvalue weighted by atomic mass is 10.1. The van der Waals surface area contributed by atoms with E-state index < -0.39 is 0 Å². The summed E-state index contributed by atoms with van der Waals surface area (Å²) in [6.45, 7) is 2.25. The number of unbranched alkanes of at least 4 members (excludes halogenated alkanes) is 5. The number of aromatic amines is 1. The number of anilines is 1. The van der Waals surface area contributed by atoms with Gasteiger partial charge in [-0.2, -0.15) is 29.4 Å². The molecule has 18 heavy (non-hydrogen) atoms. The van der Waals surface area contributed by atoms with Crippen molar-refractivity contribution >= 4 is 30.3 Å². The van der Waals surface area contributed by atoms with Crippen LogP contribution < -0.4 is 5.73 Å². The number of nitrogens with one attached hydrogen (secondary N) is 1. The molecule has 6 heteroatoms. The molecule has 1 aromatic rings. The Morgan fingerprint density at radius 1 is 1.28 bits per heavy atom. The lowest BCUT2D eigenvalue weighted by molar-refractivity contribution is 0.627. The monoisotopic (exact) mass is 288 g/mol. The Bertz CT molecular complexity index is 317. The zero-order chi connectivity index (χ0) is 13.2. The third-order valence-corrected chi connectivity index (χ3v) is 4.57. The van der Waals surface area contributed by atoms with Gasteiger partial charge in [0.1, 0.15) is 5.82 Å². The van der Waals surface area contributed by atoms with Gasteiger partial charge in [-0.1, -0.05) is 39.0 Å². The fourth-order valence-corrected chi connectivity index (χ4v) is 3.08. The maximum Gasteiger partial charge on any atom is 0.239 e. The van der Waals surface area contributed by atoms with Crippen LogP contribution in [0.2, 0.25) is 0 Å². The van der Waals surface area contributed by atoms with Gasteiger partial charge in [0.05, 0.1) is 5.25 Å². The standard InChI is InChI=1S/C12H24N4S2/c1-2-3-4-5-6-7-8-18-9-10(17)11-14-12(13)16-15-11/h10,17H,2-9H2,1H3,(H3,13,14,15,16). The fourth-order valence-electron chi connectivity index (χ4n) is 1.70. The molecule has 0 aliphatic carbocycles. The average Bonchev–Trinajstić information content (AvgIpc) is 2.79. The van der Waals surface area contributed by atoms with E-state index in [1.54, 1.807) is 0 Å². The molecule has 1 aromatic heterocycles. The van der Waals surface area contributed by atoms with E-state index in [1.807, 2.05) is 11.8 Å². The zero-order valence-electron chi connectivity index (χ0n) is 11.1. The van der Waals surface area contributed by atoms with Crippen LogP contribution in [0.1, 0.15) is 56.5 Å². The van der Waals surface area contributed by atoms with Gasteiger partial charge >= 0.3 is 0 Å². The van der Waals surface area contributed by atoms with Crippen LogP contribution in [0.15, 0.2) is 0 Å². The predicted octanol–water partition coefficient (Wildman–Crippen LogP) is 3.45. The Morgan fingerprint density at radius 3 is 2.67 bits per heavy atom. The molecular weight excluding hydrogens is 264 g/mol. The lowest BCUT2D eigenvalue weighted by Gasteiger charge is -2.06. The molecule has 0 saturated heterocycles. The second-order valence-corrected chi connectivity index (χ2v) is 6.21. The van der Waals surface area contributed by atoms with E-state index in [9.17, 15) is 0 Å². The normalized spacial score (nSPS) is 12.8. The van der Waals surface area contributed by atoms with Gasteiger partial charge in [0.15, 0.2) is 0 Å². The maximum atomic E-state index is 5.46. The van der Waals surface area contributed by atoms with Crippen LogP contribution in [0.3, 0.4) is 0 Å². The van der Waals surface area contributed by atoms with Gasteiger partial charge in [-0.15, -0.1) is 5.10 Å². The van der Waals surface area contributed by atoms with E-state index >= 15 is 0 Å². The smallest absolute Gasteiger partial charge is 0.239 e. The summed E-state index contributed by atoms with van der Waals surface area (Å²) in [5.74, 6) is 3.22. The van der Waals surface area contributed by atoms with Crippen molar-refractivity contribution in [3.63, 3.8) is 0 Å². The molecule has 0 aliphatic rings. The third kappa shape index (κ3) is 6.54. The highest BCUT2D eigenvalue weighted by Gasteiger charge is 2.10. The van der Waals surface area contributed by atoms with Crippen molar-refractivity contribution in [2.45, 2.75) is 50.7 Å².